The Morgan fingerprint density at radius 1 is 0.857 bits per heavy atom. The molecule has 0 aliphatic carbocycles. The van der Waals surface area contributed by atoms with Gasteiger partial charge in [0.2, 0.25) is 0 Å². The van der Waals surface area contributed by atoms with Crippen LogP contribution in [0.15, 0.2) is 79.0 Å². The molecule has 28 heavy (non-hydrogen) atoms. The molecule has 140 valence electrons. The molecular weight excluding hydrogens is 368 g/mol. The van der Waals surface area contributed by atoms with E-state index in [2.05, 4.69) is 58.8 Å². The van der Waals surface area contributed by atoms with Crippen molar-refractivity contribution in [3.05, 3.63) is 101 Å². The Morgan fingerprint density at radius 2 is 1.57 bits per heavy atom. The van der Waals surface area contributed by atoms with Crippen molar-refractivity contribution in [3.8, 4) is 0 Å². The van der Waals surface area contributed by atoms with Crippen LogP contribution in [0, 0.1) is 0 Å². The molecular formula is C24H21ClN2O. The Bertz CT molecular complexity index is 1080. The highest BCUT2D eigenvalue weighted by Crippen LogP contribution is 2.31. The summed E-state index contributed by atoms with van der Waals surface area (Å²) in [6.07, 6.45) is 3.72. The van der Waals surface area contributed by atoms with Gasteiger partial charge in [-0.2, -0.15) is 0 Å². The van der Waals surface area contributed by atoms with E-state index in [1.165, 1.54) is 11.1 Å². The van der Waals surface area contributed by atoms with Crippen molar-refractivity contribution in [1.29, 1.82) is 0 Å². The van der Waals surface area contributed by atoms with Crippen LogP contribution < -0.4 is 5.32 Å². The third-order valence-corrected chi connectivity index (χ3v) is 5.08. The molecule has 0 amide bonds. The number of nitrogens with one attached hydrogen (secondary N) is 1. The Kier molecular flexibility index (Phi) is 5.56. The molecule has 0 saturated carbocycles. The smallest absolute Gasteiger partial charge is 0.0724 e. The predicted molar refractivity (Wildman–Crippen MR) is 116 cm³/mol. The zero-order chi connectivity index (χ0) is 19.3. The molecule has 0 saturated heterocycles. The fourth-order valence-corrected chi connectivity index (χ4v) is 3.48. The van der Waals surface area contributed by atoms with Crippen LogP contribution in [0.5, 0.6) is 0 Å². The molecule has 0 unspecified atom stereocenters. The van der Waals surface area contributed by atoms with Gasteiger partial charge in [-0.05, 0) is 54.3 Å². The van der Waals surface area contributed by atoms with Gasteiger partial charge in [0.05, 0.1) is 17.8 Å². The van der Waals surface area contributed by atoms with Crippen molar-refractivity contribution < 1.29 is 5.11 Å². The lowest BCUT2D eigenvalue weighted by Crippen LogP contribution is -1.99. The molecule has 2 N–H and O–H groups in total. The van der Waals surface area contributed by atoms with E-state index in [1.54, 1.807) is 6.20 Å². The van der Waals surface area contributed by atoms with E-state index in [1.807, 2.05) is 24.3 Å². The van der Waals surface area contributed by atoms with Crippen LogP contribution in [0.2, 0.25) is 5.02 Å². The van der Waals surface area contributed by atoms with Crippen LogP contribution in [0.1, 0.15) is 16.7 Å². The molecule has 4 rings (SSSR count). The van der Waals surface area contributed by atoms with Crippen molar-refractivity contribution in [2.75, 3.05) is 5.32 Å². The first-order valence-corrected chi connectivity index (χ1v) is 9.68. The first-order chi connectivity index (χ1) is 13.7. The molecule has 3 nitrogen and oxygen atoms in total. The third kappa shape index (κ3) is 4.16. The van der Waals surface area contributed by atoms with Gasteiger partial charge in [0.25, 0.3) is 0 Å². The maximum Gasteiger partial charge on any atom is 0.0724 e. The molecule has 0 aliphatic rings. The Morgan fingerprint density at radius 3 is 2.29 bits per heavy atom. The van der Waals surface area contributed by atoms with Gasteiger partial charge >= 0.3 is 0 Å². The number of aliphatic hydroxyl groups excluding tert-OH is 1. The summed E-state index contributed by atoms with van der Waals surface area (Å²) in [6, 6.07) is 24.5. The molecule has 3 aromatic carbocycles. The molecule has 0 aliphatic heterocycles. The van der Waals surface area contributed by atoms with Crippen molar-refractivity contribution in [2.24, 2.45) is 0 Å². The van der Waals surface area contributed by atoms with E-state index in [9.17, 15) is 5.11 Å². The van der Waals surface area contributed by atoms with Crippen LogP contribution in [-0.4, -0.2) is 10.1 Å². The van der Waals surface area contributed by atoms with E-state index in [-0.39, 0.29) is 6.61 Å². The Balaban J connectivity index is 1.55. The van der Waals surface area contributed by atoms with Crippen LogP contribution in [0.3, 0.4) is 0 Å². The second-order valence-corrected chi connectivity index (χ2v) is 7.22. The van der Waals surface area contributed by atoms with Gasteiger partial charge in [0.15, 0.2) is 0 Å². The summed E-state index contributed by atoms with van der Waals surface area (Å²) in [5.74, 6) is 0. The number of benzene rings is 3. The summed E-state index contributed by atoms with van der Waals surface area (Å²) >= 11 is 6.18. The first-order valence-electron chi connectivity index (χ1n) is 9.31. The standard InChI is InChI=1S/C24H21ClN2O/c25-20-10-13-23-22(14-20)24(19(16-28)15-26-23)27-21-11-8-18(9-12-21)7-6-17-4-2-1-3-5-17/h1-5,8-15,28H,6-7,16H2,(H,26,27). The minimum Gasteiger partial charge on any atom is -0.392 e. The number of pyridine rings is 1. The number of nitrogens with zero attached hydrogens (tertiary/aromatic N) is 1. The molecule has 0 spiro atoms. The average Bonchev–Trinajstić information content (AvgIpc) is 2.74. The maximum atomic E-state index is 9.73. The molecule has 4 heteroatoms. The van der Waals surface area contributed by atoms with Gasteiger partial charge in [-0.1, -0.05) is 54.1 Å². The van der Waals surface area contributed by atoms with E-state index >= 15 is 0 Å². The zero-order valence-electron chi connectivity index (χ0n) is 15.4. The summed E-state index contributed by atoms with van der Waals surface area (Å²) in [5.41, 5.74) is 6.01. The van der Waals surface area contributed by atoms with Gasteiger partial charge in [-0.3, -0.25) is 4.98 Å². The summed E-state index contributed by atoms with van der Waals surface area (Å²) in [6.45, 7) is -0.0903. The first kappa shape index (κ1) is 18.5. The lowest BCUT2D eigenvalue weighted by atomic mass is 10.0. The van der Waals surface area contributed by atoms with Gasteiger partial charge in [-0.15, -0.1) is 0 Å². The van der Waals surface area contributed by atoms with Crippen LogP contribution in [0.25, 0.3) is 10.9 Å². The summed E-state index contributed by atoms with van der Waals surface area (Å²) in [5, 5.41) is 14.7. The van der Waals surface area contributed by atoms with Crippen LogP contribution in [-0.2, 0) is 19.4 Å². The van der Waals surface area contributed by atoms with Gasteiger partial charge < -0.3 is 10.4 Å². The fraction of sp³-hybridized carbons (Fsp3) is 0.125. The highest BCUT2D eigenvalue weighted by Gasteiger charge is 2.10. The van der Waals surface area contributed by atoms with E-state index in [0.29, 0.717) is 5.02 Å². The normalized spacial score (nSPS) is 10.9. The largest absolute Gasteiger partial charge is 0.392 e. The quantitative estimate of drug-likeness (QED) is 0.431. The number of aliphatic hydroxyl groups is 1. The SMILES string of the molecule is OCc1cnc2ccc(Cl)cc2c1Nc1ccc(CCc2ccccc2)cc1. The van der Waals surface area contributed by atoms with Gasteiger partial charge in [0, 0.05) is 27.9 Å². The van der Waals surface area contributed by atoms with Gasteiger partial charge in [-0.25, -0.2) is 0 Å². The van der Waals surface area contributed by atoms with E-state index in [0.717, 1.165) is 40.7 Å². The number of halogens is 1. The average molecular weight is 389 g/mol. The number of hydrogen-bond donors (Lipinski definition) is 2. The van der Waals surface area contributed by atoms with E-state index in [4.69, 9.17) is 11.6 Å². The Labute approximate surface area is 169 Å². The molecule has 0 bridgehead atoms. The molecule has 4 aromatic rings. The summed E-state index contributed by atoms with van der Waals surface area (Å²) < 4.78 is 0. The van der Waals surface area contributed by atoms with E-state index < -0.39 is 0 Å². The highest BCUT2D eigenvalue weighted by molar-refractivity contribution is 6.31. The van der Waals surface area contributed by atoms with Crippen molar-refractivity contribution in [1.82, 2.24) is 4.98 Å². The summed E-state index contributed by atoms with van der Waals surface area (Å²) in [7, 11) is 0. The lowest BCUT2D eigenvalue weighted by molar-refractivity contribution is 0.282. The second-order valence-electron chi connectivity index (χ2n) is 6.79. The monoisotopic (exact) mass is 388 g/mol. The number of aryl methyl sites for hydroxylation is 2. The van der Waals surface area contributed by atoms with Gasteiger partial charge in [0.1, 0.15) is 0 Å². The molecule has 1 heterocycles. The minimum atomic E-state index is -0.0903. The fourth-order valence-electron chi connectivity index (χ4n) is 3.31. The number of rotatable bonds is 6. The lowest BCUT2D eigenvalue weighted by Gasteiger charge is -2.14. The number of anilines is 2. The molecule has 0 fully saturated rings. The minimum absolute atomic E-state index is 0.0903. The maximum absolute atomic E-state index is 9.73. The second kappa shape index (κ2) is 8.42. The topological polar surface area (TPSA) is 45.2 Å². The van der Waals surface area contributed by atoms with Crippen molar-refractivity contribution >= 4 is 33.9 Å². The molecule has 0 atom stereocenters. The van der Waals surface area contributed by atoms with Crippen molar-refractivity contribution in [3.63, 3.8) is 0 Å². The summed E-state index contributed by atoms with van der Waals surface area (Å²) in [4.78, 5) is 4.40. The number of fused-ring (bicyclic) bond motifs is 1. The van der Waals surface area contributed by atoms with Crippen LogP contribution >= 0.6 is 11.6 Å². The predicted octanol–water partition coefficient (Wildman–Crippen LogP) is 5.91. The molecule has 1 aromatic heterocycles. The van der Waals surface area contributed by atoms with Crippen LogP contribution in [0.4, 0.5) is 11.4 Å². The Hall–Kier alpha value is -2.88. The zero-order valence-corrected chi connectivity index (χ0v) is 16.2. The number of hydrogen-bond acceptors (Lipinski definition) is 3. The number of aromatic nitrogens is 1. The highest BCUT2D eigenvalue weighted by atomic mass is 35.5. The third-order valence-electron chi connectivity index (χ3n) is 4.85. The van der Waals surface area contributed by atoms with Crippen molar-refractivity contribution in [2.45, 2.75) is 19.4 Å². The molecule has 0 radical (unpaired) electrons.